The van der Waals surface area contributed by atoms with Crippen molar-refractivity contribution in [3.63, 3.8) is 0 Å². The molecule has 3 rings (SSSR count). The van der Waals surface area contributed by atoms with Gasteiger partial charge in [0.05, 0.1) is 0 Å². The van der Waals surface area contributed by atoms with Gasteiger partial charge in [0, 0.05) is 11.6 Å². The summed E-state index contributed by atoms with van der Waals surface area (Å²) in [5, 5.41) is 6.59. The zero-order valence-electron chi connectivity index (χ0n) is 13.0. The summed E-state index contributed by atoms with van der Waals surface area (Å²) in [5.74, 6) is 0.758. The first-order valence-corrected chi connectivity index (χ1v) is 8.36. The van der Waals surface area contributed by atoms with Crippen LogP contribution in [0.2, 0.25) is 0 Å². The molecule has 1 saturated carbocycles. The molecule has 0 aromatic heterocycles. The van der Waals surface area contributed by atoms with E-state index in [0.29, 0.717) is 12.0 Å². The Morgan fingerprint density at radius 3 is 2.52 bits per heavy atom. The van der Waals surface area contributed by atoms with Crippen LogP contribution in [0.5, 0.6) is 0 Å². The lowest BCUT2D eigenvalue weighted by Crippen LogP contribution is -2.33. The molecule has 0 bridgehead atoms. The minimum absolute atomic E-state index is 0.108. The number of piperidine rings is 1. The second-order valence-electron chi connectivity index (χ2n) is 6.55. The number of nitrogens with one attached hydrogen (secondary N) is 2. The number of benzene rings is 1. The first-order valence-electron chi connectivity index (χ1n) is 8.36. The normalized spacial score (nSPS) is 20.6. The number of rotatable bonds is 3. The highest BCUT2D eigenvalue weighted by Gasteiger charge is 2.20. The first kappa shape index (κ1) is 14.6. The minimum Gasteiger partial charge on any atom is -0.349 e. The Bertz CT molecular complexity index is 500. The van der Waals surface area contributed by atoms with Crippen molar-refractivity contribution in [2.45, 2.75) is 57.4 Å². The van der Waals surface area contributed by atoms with Crippen molar-refractivity contribution < 1.29 is 4.79 Å². The van der Waals surface area contributed by atoms with Gasteiger partial charge in [-0.25, -0.2) is 0 Å². The Hall–Kier alpha value is -1.35. The highest BCUT2D eigenvalue weighted by Crippen LogP contribution is 2.27. The van der Waals surface area contributed by atoms with Crippen LogP contribution in [-0.2, 0) is 0 Å². The van der Waals surface area contributed by atoms with Crippen LogP contribution in [0, 0.1) is 6.92 Å². The predicted octanol–water partition coefficient (Wildman–Crippen LogP) is 3.13. The summed E-state index contributed by atoms with van der Waals surface area (Å²) >= 11 is 0. The predicted molar refractivity (Wildman–Crippen MR) is 85.7 cm³/mol. The lowest BCUT2D eigenvalue weighted by atomic mass is 9.88. The molecule has 1 saturated heterocycles. The number of carbonyl (C=O) groups excluding carboxylic acids is 1. The molecule has 1 amide bonds. The van der Waals surface area contributed by atoms with E-state index < -0.39 is 0 Å². The highest BCUT2D eigenvalue weighted by atomic mass is 16.1. The summed E-state index contributed by atoms with van der Waals surface area (Å²) in [6, 6.07) is 6.80. The number of carbonyl (C=O) groups is 1. The fourth-order valence-electron chi connectivity index (χ4n) is 3.68. The minimum atomic E-state index is 0.108. The van der Waals surface area contributed by atoms with E-state index in [1.54, 1.807) is 0 Å². The molecule has 2 fully saturated rings. The molecular weight excluding hydrogens is 260 g/mol. The molecule has 3 nitrogen and oxygen atoms in total. The molecule has 0 atom stereocenters. The van der Waals surface area contributed by atoms with Crippen molar-refractivity contribution in [2.24, 2.45) is 0 Å². The molecule has 114 valence electrons. The molecule has 1 aromatic rings. The van der Waals surface area contributed by atoms with Gasteiger partial charge in [-0.15, -0.1) is 0 Å². The number of hydrogen-bond acceptors (Lipinski definition) is 2. The molecule has 0 spiro atoms. The van der Waals surface area contributed by atoms with Crippen molar-refractivity contribution in [3.05, 3.63) is 34.9 Å². The third kappa shape index (κ3) is 3.46. The third-order valence-corrected chi connectivity index (χ3v) is 5.00. The van der Waals surface area contributed by atoms with Gasteiger partial charge in [-0.3, -0.25) is 4.79 Å². The smallest absolute Gasteiger partial charge is 0.251 e. The Balaban J connectivity index is 1.69. The van der Waals surface area contributed by atoms with Gasteiger partial charge in [-0.2, -0.15) is 0 Å². The van der Waals surface area contributed by atoms with E-state index in [1.807, 2.05) is 6.07 Å². The molecule has 1 heterocycles. The molecule has 0 unspecified atom stereocenters. The second kappa shape index (κ2) is 6.61. The van der Waals surface area contributed by atoms with Crippen LogP contribution in [0.25, 0.3) is 0 Å². The number of hydrogen-bond donors (Lipinski definition) is 2. The summed E-state index contributed by atoms with van der Waals surface area (Å²) in [7, 11) is 0. The van der Waals surface area contributed by atoms with Gasteiger partial charge in [0.2, 0.25) is 0 Å². The fraction of sp³-hybridized carbons (Fsp3) is 0.611. The third-order valence-electron chi connectivity index (χ3n) is 5.00. The lowest BCUT2D eigenvalue weighted by molar-refractivity contribution is 0.0937. The van der Waals surface area contributed by atoms with Crippen LogP contribution in [0.4, 0.5) is 0 Å². The number of aryl methyl sites for hydroxylation is 1. The summed E-state index contributed by atoms with van der Waals surface area (Å²) in [6.07, 6.45) is 7.17. The van der Waals surface area contributed by atoms with Crippen molar-refractivity contribution in [3.8, 4) is 0 Å². The van der Waals surface area contributed by atoms with Crippen molar-refractivity contribution in [1.82, 2.24) is 10.6 Å². The van der Waals surface area contributed by atoms with Gasteiger partial charge in [0.15, 0.2) is 0 Å². The average Bonchev–Trinajstić information content (AvgIpc) is 3.01. The molecule has 1 aliphatic carbocycles. The average molecular weight is 286 g/mol. The van der Waals surface area contributed by atoms with Gasteiger partial charge in [0.25, 0.3) is 5.91 Å². The molecular formula is C18H26N2O. The Morgan fingerprint density at radius 1 is 1.14 bits per heavy atom. The van der Waals surface area contributed by atoms with Crippen LogP contribution in [0.1, 0.15) is 65.9 Å². The number of amides is 1. The second-order valence-corrected chi connectivity index (χ2v) is 6.55. The largest absolute Gasteiger partial charge is 0.349 e. The molecule has 2 aliphatic rings. The van der Waals surface area contributed by atoms with E-state index in [9.17, 15) is 4.79 Å². The van der Waals surface area contributed by atoms with E-state index >= 15 is 0 Å². The van der Waals surface area contributed by atoms with Gasteiger partial charge in [-0.1, -0.05) is 25.0 Å². The van der Waals surface area contributed by atoms with Gasteiger partial charge < -0.3 is 10.6 Å². The SMILES string of the molecule is Cc1cc(C2CCNCC2)ccc1C(=O)NC1CCCC1. The molecule has 21 heavy (non-hydrogen) atoms. The summed E-state index contributed by atoms with van der Waals surface area (Å²) in [4.78, 5) is 12.4. The maximum atomic E-state index is 12.4. The Kier molecular flexibility index (Phi) is 4.59. The molecule has 1 aromatic carbocycles. The van der Waals surface area contributed by atoms with Crippen LogP contribution in [0.3, 0.4) is 0 Å². The van der Waals surface area contributed by atoms with E-state index in [0.717, 1.165) is 37.1 Å². The fourth-order valence-corrected chi connectivity index (χ4v) is 3.68. The monoisotopic (exact) mass is 286 g/mol. The maximum Gasteiger partial charge on any atom is 0.251 e. The van der Waals surface area contributed by atoms with Gasteiger partial charge in [0.1, 0.15) is 0 Å². The molecule has 3 heteroatoms. The Labute approximate surface area is 127 Å². The van der Waals surface area contributed by atoms with E-state index in [1.165, 1.54) is 31.2 Å². The van der Waals surface area contributed by atoms with E-state index in [4.69, 9.17) is 0 Å². The topological polar surface area (TPSA) is 41.1 Å². The van der Waals surface area contributed by atoms with Crippen LogP contribution >= 0.6 is 0 Å². The van der Waals surface area contributed by atoms with Crippen LogP contribution in [0.15, 0.2) is 18.2 Å². The quantitative estimate of drug-likeness (QED) is 0.896. The highest BCUT2D eigenvalue weighted by molar-refractivity contribution is 5.95. The summed E-state index contributed by atoms with van der Waals surface area (Å²) in [5.41, 5.74) is 3.35. The van der Waals surface area contributed by atoms with Gasteiger partial charge in [-0.05, 0) is 68.8 Å². The van der Waals surface area contributed by atoms with E-state index in [-0.39, 0.29) is 5.91 Å². The van der Waals surface area contributed by atoms with E-state index in [2.05, 4.69) is 29.7 Å². The van der Waals surface area contributed by atoms with Crippen molar-refractivity contribution in [1.29, 1.82) is 0 Å². The zero-order valence-corrected chi connectivity index (χ0v) is 13.0. The van der Waals surface area contributed by atoms with Gasteiger partial charge >= 0.3 is 0 Å². The maximum absolute atomic E-state index is 12.4. The first-order chi connectivity index (χ1) is 10.2. The van der Waals surface area contributed by atoms with Crippen LogP contribution in [-0.4, -0.2) is 25.0 Å². The molecule has 0 radical (unpaired) electrons. The molecule has 1 aliphatic heterocycles. The zero-order chi connectivity index (χ0) is 14.7. The molecule has 2 N–H and O–H groups in total. The lowest BCUT2D eigenvalue weighted by Gasteiger charge is -2.23. The standard InChI is InChI=1S/C18H26N2O/c1-13-12-15(14-8-10-19-11-9-14)6-7-17(13)18(21)20-16-4-2-3-5-16/h6-7,12,14,16,19H,2-5,8-11H2,1H3,(H,20,21). The van der Waals surface area contributed by atoms with Crippen molar-refractivity contribution >= 4 is 5.91 Å². The van der Waals surface area contributed by atoms with Crippen molar-refractivity contribution in [2.75, 3.05) is 13.1 Å². The summed E-state index contributed by atoms with van der Waals surface area (Å²) in [6.45, 7) is 4.27. The van der Waals surface area contributed by atoms with Crippen LogP contribution < -0.4 is 10.6 Å². The Morgan fingerprint density at radius 2 is 1.86 bits per heavy atom. The summed E-state index contributed by atoms with van der Waals surface area (Å²) < 4.78 is 0.